The number of hydrogen-bond acceptors (Lipinski definition) is 6. The van der Waals surface area contributed by atoms with E-state index in [1.54, 1.807) is 0 Å². The Labute approximate surface area is 541 Å². The Morgan fingerprint density at radius 2 is 0.977 bits per heavy atom. The summed E-state index contributed by atoms with van der Waals surface area (Å²) in [7, 11) is 0. The predicted octanol–water partition coefficient (Wildman–Crippen LogP) is 23.1. The third-order valence-corrected chi connectivity index (χ3v) is 17.6. The zero-order chi connectivity index (χ0) is 64.4. The molecule has 461 valence electrons. The number of pyridine rings is 2. The zero-order valence-electron chi connectivity index (χ0n) is 57.5. The SMILES string of the molecule is CCC(CC)C(=O)/C=C(\O)C(C)(CC)CC.[2H]c1cc2c3c(cc4cc(CC(C)(C)C)ccc42)Oc2c([c-]c4cc(C)ccc4c2CC(C)(C)C)-c3n1.[2H]c1cc2c3c(cc4cc(CC(C)(C)C)ccc42)Oc2c([c-]c4ccccc4c2CC(C)(C)C)-c3n1.[Ir]. The molecule has 0 aliphatic carbocycles. The number of carbonyl (C=O) groups is 1. The minimum absolute atomic E-state index is 0. The third kappa shape index (κ3) is 13.8. The van der Waals surface area contributed by atoms with Gasteiger partial charge in [0.15, 0.2) is 5.78 Å². The normalized spacial score (nSPS) is 13.5. The van der Waals surface area contributed by atoms with Gasteiger partial charge < -0.3 is 14.6 Å². The van der Waals surface area contributed by atoms with E-state index in [-0.39, 0.29) is 77.0 Å². The molecule has 88 heavy (non-hydrogen) atoms. The van der Waals surface area contributed by atoms with Gasteiger partial charge in [0.1, 0.15) is 17.3 Å². The zero-order valence-corrected chi connectivity index (χ0v) is 57.9. The number of aromatic nitrogens is 2. The number of aliphatic hydroxyl groups is 1. The van der Waals surface area contributed by atoms with Crippen LogP contribution < -0.4 is 9.47 Å². The second kappa shape index (κ2) is 25.2. The largest absolute Gasteiger partial charge is 0.512 e. The van der Waals surface area contributed by atoms with Gasteiger partial charge in [-0.1, -0.05) is 223 Å². The maximum absolute atomic E-state index is 11.9. The maximum atomic E-state index is 11.9. The van der Waals surface area contributed by atoms with E-state index < -0.39 is 0 Å². The maximum Gasteiger partial charge on any atom is 0.162 e. The molecule has 0 bridgehead atoms. The Hall–Kier alpha value is -6.92. The molecule has 0 atom stereocenters. The molecule has 0 saturated carbocycles. The van der Waals surface area contributed by atoms with Crippen molar-refractivity contribution in [2.75, 3.05) is 0 Å². The second-order valence-corrected chi connectivity index (χ2v) is 30.0. The Balaban J connectivity index is 0.000000172. The molecule has 1 radical (unpaired) electrons. The van der Waals surface area contributed by atoms with E-state index in [0.29, 0.717) is 0 Å². The van der Waals surface area contributed by atoms with E-state index in [1.165, 1.54) is 44.7 Å². The van der Waals surface area contributed by atoms with Crippen LogP contribution in [0.5, 0.6) is 23.0 Å². The van der Waals surface area contributed by atoms with Crippen molar-refractivity contribution in [2.45, 2.75) is 176 Å². The minimum Gasteiger partial charge on any atom is -0.512 e. The van der Waals surface area contributed by atoms with Gasteiger partial charge in [-0.15, -0.1) is 35.0 Å². The van der Waals surface area contributed by atoms with Crippen LogP contribution in [-0.2, 0) is 50.6 Å². The van der Waals surface area contributed by atoms with E-state index in [0.717, 1.165) is 151 Å². The summed E-state index contributed by atoms with van der Waals surface area (Å²) in [6.45, 7) is 39.4. The van der Waals surface area contributed by atoms with Crippen molar-refractivity contribution in [3.63, 3.8) is 0 Å². The van der Waals surface area contributed by atoms with Crippen LogP contribution in [0.25, 0.3) is 87.1 Å². The fourth-order valence-corrected chi connectivity index (χ4v) is 12.8. The Kier molecular flexibility index (Phi) is 17.9. The smallest absolute Gasteiger partial charge is 0.162 e. The summed E-state index contributed by atoms with van der Waals surface area (Å²) >= 11 is 0. The van der Waals surface area contributed by atoms with Crippen molar-refractivity contribution in [1.82, 2.24) is 9.97 Å². The number of aliphatic hydroxyl groups excluding tert-OH is 1. The third-order valence-electron chi connectivity index (χ3n) is 17.6. The van der Waals surface area contributed by atoms with Crippen LogP contribution in [0.3, 0.4) is 0 Å². The van der Waals surface area contributed by atoms with Crippen molar-refractivity contribution in [2.24, 2.45) is 33.0 Å². The molecule has 2 aliphatic heterocycles. The molecular formula is C81H92IrN2O4-2. The first-order valence-corrected chi connectivity index (χ1v) is 31.8. The van der Waals surface area contributed by atoms with Gasteiger partial charge in [0, 0.05) is 72.0 Å². The fraction of sp³-hybridized carbons (Fsp3) is 0.395. The van der Waals surface area contributed by atoms with Gasteiger partial charge in [0.05, 0.1) is 14.2 Å². The molecule has 12 rings (SSSR count). The number of carbonyl (C=O) groups excluding carboxylic acids is 1. The molecule has 10 aromatic rings. The van der Waals surface area contributed by atoms with Gasteiger partial charge in [0.2, 0.25) is 0 Å². The first-order chi connectivity index (χ1) is 41.8. The number of ketones is 1. The van der Waals surface area contributed by atoms with Crippen molar-refractivity contribution in [3.8, 4) is 45.5 Å². The topological polar surface area (TPSA) is 81.5 Å². The standard InChI is InChI=1S/C34H34NO.C33H32NO.C14H26O2.Ir/c1-20-8-10-25-22(14-20)16-27-31-30-26(12-13-35-31)24-11-9-21(18-33(2,3)4)15-23(24)17-29(30)36-32(27)28(25)19-34(5,6)7;1-32(2,3)18-20-11-12-24-22(15-20)17-28-29-25(24)13-14-34-30(29)26-16-21-9-7-8-10-23(21)27(31(26)35-28)19-33(4,5)6;1-6-11(7-2)12(15)10-13(16)14(5,8-3)9-4;/h8-15,17H,18-19H2,1-7H3;7-15,17H,18-19H2,1-6H3;10-11,16H,6-9H2,1-5H3;/q2*-1;;/b;;13-10-;/i13D;14D;;. The van der Waals surface area contributed by atoms with Crippen molar-refractivity contribution in [1.29, 1.82) is 0 Å². The van der Waals surface area contributed by atoms with Crippen LogP contribution in [0, 0.1) is 52.0 Å². The summed E-state index contributed by atoms with van der Waals surface area (Å²) in [6.07, 6.45) is 9.10. The number of benzene rings is 8. The molecule has 0 unspecified atom stereocenters. The van der Waals surface area contributed by atoms with Gasteiger partial charge in [0.25, 0.3) is 0 Å². The average Bonchev–Trinajstić information content (AvgIpc) is 0.726. The van der Waals surface area contributed by atoms with E-state index >= 15 is 0 Å². The van der Waals surface area contributed by atoms with E-state index in [2.05, 4.69) is 193 Å². The van der Waals surface area contributed by atoms with Crippen LogP contribution in [-0.4, -0.2) is 20.9 Å². The summed E-state index contributed by atoms with van der Waals surface area (Å²) in [5.41, 5.74) is 9.84. The number of ether oxygens (including phenoxy) is 2. The molecule has 4 heterocycles. The number of fused-ring (bicyclic) bond motifs is 10. The van der Waals surface area contributed by atoms with Gasteiger partial charge in [-0.05, 0) is 148 Å². The molecule has 0 fully saturated rings. The van der Waals surface area contributed by atoms with Crippen molar-refractivity contribution in [3.05, 3.63) is 167 Å². The monoisotopic (exact) mass is 1350 g/mol. The predicted molar refractivity (Wildman–Crippen MR) is 368 cm³/mol. The number of allylic oxidation sites excluding steroid dienone is 2. The molecule has 2 aliphatic rings. The molecule has 0 spiro atoms. The fourth-order valence-electron chi connectivity index (χ4n) is 12.8. The van der Waals surface area contributed by atoms with E-state index in [1.807, 2.05) is 46.8 Å². The summed E-state index contributed by atoms with van der Waals surface area (Å²) < 4.78 is 30.8. The Bertz CT molecular complexity index is 4450. The van der Waals surface area contributed by atoms with E-state index in [9.17, 15) is 9.90 Å². The number of aryl methyl sites for hydroxylation is 1. The van der Waals surface area contributed by atoms with Crippen LogP contribution in [0.2, 0.25) is 0 Å². The first kappa shape index (κ1) is 62.7. The van der Waals surface area contributed by atoms with Gasteiger partial charge in [-0.3, -0.25) is 14.8 Å². The molecule has 2 aromatic heterocycles. The molecule has 6 nitrogen and oxygen atoms in total. The molecule has 1 N–H and O–H groups in total. The van der Waals surface area contributed by atoms with Crippen LogP contribution in [0.4, 0.5) is 0 Å². The molecule has 0 saturated heterocycles. The van der Waals surface area contributed by atoms with Crippen LogP contribution >= 0.6 is 0 Å². The van der Waals surface area contributed by atoms with Gasteiger partial charge in [-0.25, -0.2) is 0 Å². The minimum atomic E-state index is -0.248. The number of hydrogen-bond donors (Lipinski definition) is 1. The van der Waals surface area contributed by atoms with Crippen LogP contribution in [0.1, 0.15) is 174 Å². The molecule has 0 amide bonds. The van der Waals surface area contributed by atoms with Crippen molar-refractivity contribution >= 4 is 70.4 Å². The van der Waals surface area contributed by atoms with Crippen molar-refractivity contribution < 1.29 is 42.2 Å². The Morgan fingerprint density at radius 1 is 0.545 bits per heavy atom. The molecular weight excluding hydrogens is 1260 g/mol. The number of rotatable bonds is 11. The molecule has 8 aromatic carbocycles. The summed E-state index contributed by atoms with van der Waals surface area (Å²) in [4.78, 5) is 21.4. The average molecular weight is 1350 g/mol. The quantitative estimate of drug-likeness (QED) is 0.0601. The summed E-state index contributed by atoms with van der Waals surface area (Å²) in [6, 6.07) is 43.7. The molecule has 7 heteroatoms. The van der Waals surface area contributed by atoms with Gasteiger partial charge in [-0.2, -0.15) is 0 Å². The second-order valence-electron chi connectivity index (χ2n) is 30.0. The first-order valence-electron chi connectivity index (χ1n) is 32.8. The van der Waals surface area contributed by atoms with Crippen LogP contribution in [0.15, 0.2) is 127 Å². The summed E-state index contributed by atoms with van der Waals surface area (Å²) in [5.74, 6) is 3.67. The number of nitrogens with zero attached hydrogens (tertiary/aromatic N) is 2. The Morgan fingerprint density at radius 3 is 1.42 bits per heavy atom. The van der Waals surface area contributed by atoms with E-state index in [4.69, 9.17) is 22.2 Å². The summed E-state index contributed by atoms with van der Waals surface area (Å²) in [5, 5.41) is 23.0. The van der Waals surface area contributed by atoms with Gasteiger partial charge >= 0.3 is 0 Å².